The molecule has 12 aromatic rings. The van der Waals surface area contributed by atoms with E-state index in [9.17, 15) is 0 Å². The molecule has 0 atom stereocenters. The Bertz CT molecular complexity index is 3510. The van der Waals surface area contributed by atoms with Crippen molar-refractivity contribution in [2.75, 3.05) is 0 Å². The zero-order valence-corrected chi connectivity index (χ0v) is 30.4. The first-order valence-corrected chi connectivity index (χ1v) is 19.0. The van der Waals surface area contributed by atoms with E-state index in [1.54, 1.807) is 0 Å². The molecule has 12 rings (SSSR count). The molecule has 4 aromatic heterocycles. The van der Waals surface area contributed by atoms with E-state index in [2.05, 4.69) is 132 Å². The van der Waals surface area contributed by atoms with Gasteiger partial charge < -0.3 is 8.83 Å². The molecule has 6 nitrogen and oxygen atoms in total. The number of furan rings is 2. The third kappa shape index (κ3) is 4.94. The summed E-state index contributed by atoms with van der Waals surface area (Å²) in [7, 11) is 0. The molecule has 0 unspecified atom stereocenters. The van der Waals surface area contributed by atoms with Gasteiger partial charge in [0.05, 0.1) is 16.4 Å². The number of aromatic nitrogens is 4. The van der Waals surface area contributed by atoms with Crippen molar-refractivity contribution in [1.29, 1.82) is 0 Å². The van der Waals surface area contributed by atoms with Crippen LogP contribution in [0.5, 0.6) is 0 Å². The molecule has 0 fully saturated rings. The first kappa shape index (κ1) is 31.5. The lowest BCUT2D eigenvalue weighted by molar-refractivity contribution is 0.669. The van der Waals surface area contributed by atoms with Gasteiger partial charge in [0.1, 0.15) is 22.3 Å². The lowest BCUT2D eigenvalue weighted by atomic mass is 9.98. The SMILES string of the molecule is c1ccc(-c2nc(-c3ccc(-c4ccc5c(c4)oc4cccc(-c6ccccc6)c45)cc3)nc(-n3c4ccccc4c4c5oc6ccccc6c5ccc43)n2)cc1. The van der Waals surface area contributed by atoms with Crippen molar-refractivity contribution in [3.05, 3.63) is 182 Å². The van der Waals surface area contributed by atoms with Crippen molar-refractivity contribution in [1.82, 2.24) is 19.5 Å². The first-order chi connectivity index (χ1) is 28.2. The first-order valence-electron chi connectivity index (χ1n) is 19.0. The summed E-state index contributed by atoms with van der Waals surface area (Å²) in [6.45, 7) is 0. The van der Waals surface area contributed by atoms with Crippen LogP contribution in [0, 0.1) is 0 Å². The van der Waals surface area contributed by atoms with Crippen LogP contribution in [0.2, 0.25) is 0 Å². The van der Waals surface area contributed by atoms with Crippen molar-refractivity contribution in [2.24, 2.45) is 0 Å². The van der Waals surface area contributed by atoms with Crippen LogP contribution in [-0.2, 0) is 0 Å². The Morgan fingerprint density at radius 1 is 0.351 bits per heavy atom. The van der Waals surface area contributed by atoms with Gasteiger partial charge in [-0.2, -0.15) is 9.97 Å². The van der Waals surface area contributed by atoms with Crippen molar-refractivity contribution in [3.63, 3.8) is 0 Å². The van der Waals surface area contributed by atoms with Crippen LogP contribution in [0.1, 0.15) is 0 Å². The van der Waals surface area contributed by atoms with Gasteiger partial charge in [0.25, 0.3) is 0 Å². The smallest absolute Gasteiger partial charge is 0.238 e. The van der Waals surface area contributed by atoms with Gasteiger partial charge in [0, 0.05) is 38.1 Å². The van der Waals surface area contributed by atoms with Crippen molar-refractivity contribution in [3.8, 4) is 51.0 Å². The van der Waals surface area contributed by atoms with Gasteiger partial charge in [-0.15, -0.1) is 0 Å². The van der Waals surface area contributed by atoms with E-state index in [0.29, 0.717) is 17.6 Å². The zero-order chi connectivity index (χ0) is 37.5. The lowest BCUT2D eigenvalue weighted by Crippen LogP contribution is -2.06. The topological polar surface area (TPSA) is 69.9 Å². The average Bonchev–Trinajstić information content (AvgIpc) is 3.96. The monoisotopic (exact) mass is 730 g/mol. The Balaban J connectivity index is 0.993. The Morgan fingerprint density at radius 2 is 0.982 bits per heavy atom. The van der Waals surface area contributed by atoms with Gasteiger partial charge in [0.2, 0.25) is 5.95 Å². The second-order valence-electron chi connectivity index (χ2n) is 14.4. The molecule has 6 heteroatoms. The molecular weight excluding hydrogens is 701 g/mol. The summed E-state index contributed by atoms with van der Waals surface area (Å²) in [4.78, 5) is 15.4. The van der Waals surface area contributed by atoms with Crippen LogP contribution >= 0.6 is 0 Å². The Morgan fingerprint density at radius 3 is 1.79 bits per heavy atom. The van der Waals surface area contributed by atoms with Crippen LogP contribution in [-0.4, -0.2) is 19.5 Å². The highest BCUT2D eigenvalue weighted by atomic mass is 16.3. The summed E-state index contributed by atoms with van der Waals surface area (Å²) in [5, 5.41) is 6.51. The minimum atomic E-state index is 0.537. The quantitative estimate of drug-likeness (QED) is 0.176. The molecule has 57 heavy (non-hydrogen) atoms. The van der Waals surface area contributed by atoms with Crippen LogP contribution < -0.4 is 0 Å². The average molecular weight is 731 g/mol. The largest absolute Gasteiger partial charge is 0.456 e. The third-order valence-electron chi connectivity index (χ3n) is 11.1. The van der Waals surface area contributed by atoms with E-state index in [1.165, 1.54) is 11.1 Å². The van der Waals surface area contributed by atoms with Crippen LogP contribution in [0.25, 0.3) is 117 Å². The Hall–Kier alpha value is -7.83. The molecule has 0 amide bonds. The maximum Gasteiger partial charge on any atom is 0.238 e. The summed E-state index contributed by atoms with van der Waals surface area (Å²) in [5.74, 6) is 1.72. The lowest BCUT2D eigenvalue weighted by Gasteiger charge is -2.11. The molecule has 0 aliphatic carbocycles. The van der Waals surface area contributed by atoms with Gasteiger partial charge >= 0.3 is 0 Å². The maximum atomic E-state index is 6.55. The fourth-order valence-corrected chi connectivity index (χ4v) is 8.44. The molecular formula is C51H30N4O2. The molecule has 266 valence electrons. The molecule has 0 radical (unpaired) electrons. The van der Waals surface area contributed by atoms with Gasteiger partial charge in [-0.1, -0.05) is 140 Å². The molecule has 0 N–H and O–H groups in total. The molecule has 0 aliphatic rings. The minimum absolute atomic E-state index is 0.537. The Labute approximate surface area is 325 Å². The number of para-hydroxylation sites is 2. The van der Waals surface area contributed by atoms with E-state index in [4.69, 9.17) is 23.8 Å². The van der Waals surface area contributed by atoms with Gasteiger partial charge in [-0.05, 0) is 64.7 Å². The highest BCUT2D eigenvalue weighted by molar-refractivity contribution is 6.23. The van der Waals surface area contributed by atoms with Crippen molar-refractivity contribution >= 4 is 65.7 Å². The second-order valence-corrected chi connectivity index (χ2v) is 14.4. The van der Waals surface area contributed by atoms with Crippen LogP contribution in [0.15, 0.2) is 191 Å². The van der Waals surface area contributed by atoms with E-state index in [-0.39, 0.29) is 0 Å². The van der Waals surface area contributed by atoms with E-state index < -0.39 is 0 Å². The van der Waals surface area contributed by atoms with Crippen molar-refractivity contribution < 1.29 is 8.83 Å². The van der Waals surface area contributed by atoms with Crippen molar-refractivity contribution in [2.45, 2.75) is 0 Å². The summed E-state index contributed by atoms with van der Waals surface area (Å²) in [6.07, 6.45) is 0. The predicted molar refractivity (Wildman–Crippen MR) is 230 cm³/mol. The molecule has 0 spiro atoms. The highest BCUT2D eigenvalue weighted by Gasteiger charge is 2.21. The fourth-order valence-electron chi connectivity index (χ4n) is 8.44. The van der Waals surface area contributed by atoms with Crippen LogP contribution in [0.3, 0.4) is 0 Å². The normalized spacial score (nSPS) is 11.9. The molecule has 0 saturated heterocycles. The standard InChI is InChI=1S/C51H30N4O2/c1-3-12-32(13-4-1)36-18-11-21-44-46(36)40-27-26-35(30-45(40)56-44)31-22-24-34(25-23-31)50-52-49(33-14-5-2-6-15-33)53-51(54-50)55-41-19-9-7-17-39(41)47-42(55)29-28-38-37-16-8-10-20-43(37)57-48(38)47/h1-30H. The number of fused-ring (bicyclic) bond motifs is 10. The number of nitrogens with zero attached hydrogens (tertiary/aromatic N) is 4. The van der Waals surface area contributed by atoms with Crippen LogP contribution in [0.4, 0.5) is 0 Å². The Kier molecular flexibility index (Phi) is 6.83. The minimum Gasteiger partial charge on any atom is -0.456 e. The highest BCUT2D eigenvalue weighted by Crippen LogP contribution is 2.41. The molecule has 0 aliphatic heterocycles. The number of hydrogen-bond acceptors (Lipinski definition) is 5. The van der Waals surface area contributed by atoms with E-state index in [0.717, 1.165) is 87.9 Å². The molecule has 0 bridgehead atoms. The van der Waals surface area contributed by atoms with Gasteiger partial charge in [-0.25, -0.2) is 4.98 Å². The number of hydrogen-bond donors (Lipinski definition) is 0. The number of benzene rings is 8. The third-order valence-corrected chi connectivity index (χ3v) is 11.1. The van der Waals surface area contributed by atoms with Gasteiger partial charge in [0.15, 0.2) is 11.6 Å². The van der Waals surface area contributed by atoms with E-state index in [1.807, 2.05) is 54.6 Å². The maximum absolute atomic E-state index is 6.55. The second kappa shape index (κ2) is 12.3. The summed E-state index contributed by atoms with van der Waals surface area (Å²) < 4.78 is 15.1. The molecule has 4 heterocycles. The number of rotatable bonds is 5. The zero-order valence-electron chi connectivity index (χ0n) is 30.4. The molecule has 8 aromatic carbocycles. The van der Waals surface area contributed by atoms with Gasteiger partial charge in [-0.3, -0.25) is 4.57 Å². The van der Waals surface area contributed by atoms with E-state index >= 15 is 0 Å². The summed E-state index contributed by atoms with van der Waals surface area (Å²) in [6, 6.07) is 62.6. The summed E-state index contributed by atoms with van der Waals surface area (Å²) in [5.41, 5.74) is 11.7. The fraction of sp³-hybridized carbons (Fsp3) is 0. The predicted octanol–water partition coefficient (Wildman–Crippen LogP) is 13.4. The summed E-state index contributed by atoms with van der Waals surface area (Å²) >= 11 is 0. The molecule has 0 saturated carbocycles.